The Morgan fingerprint density at radius 2 is 1.09 bits per heavy atom. The van der Waals surface area contributed by atoms with Gasteiger partial charge in [0.25, 0.3) is 11.8 Å². The van der Waals surface area contributed by atoms with Crippen molar-refractivity contribution in [3.63, 3.8) is 0 Å². The van der Waals surface area contributed by atoms with Gasteiger partial charge in [-0.3, -0.25) is 19.2 Å². The van der Waals surface area contributed by atoms with Gasteiger partial charge in [-0.1, -0.05) is 60.7 Å². The van der Waals surface area contributed by atoms with Gasteiger partial charge in [-0.15, -0.1) is 0 Å². The number of methoxy groups -OCH3 is 1. The molecule has 2 amide bonds. The second kappa shape index (κ2) is 11.9. The van der Waals surface area contributed by atoms with Crippen LogP contribution in [0.1, 0.15) is 20.7 Å². The Hall–Kier alpha value is -4.72. The maximum absolute atomic E-state index is 11.8. The maximum Gasteiger partial charge on any atom is 0.325 e. The molecule has 4 rings (SSSR count). The highest BCUT2D eigenvalue weighted by molar-refractivity contribution is 6.00. The molecule has 0 unspecified atom stereocenters. The third-order valence-corrected chi connectivity index (χ3v) is 5.04. The van der Waals surface area contributed by atoms with Crippen LogP contribution in [0.5, 0.6) is 0 Å². The number of esters is 1. The third kappa shape index (κ3) is 7.13. The second-order valence-electron chi connectivity index (χ2n) is 7.46. The summed E-state index contributed by atoms with van der Waals surface area (Å²) < 4.78 is 4.45. The van der Waals surface area contributed by atoms with Crippen LogP contribution >= 0.6 is 0 Å². The van der Waals surface area contributed by atoms with E-state index in [2.05, 4.69) is 15.4 Å². The van der Waals surface area contributed by atoms with Crippen molar-refractivity contribution in [1.29, 1.82) is 0 Å². The fourth-order valence-corrected chi connectivity index (χ4v) is 3.25. The molecular formula is C27H24N2O6. The molecule has 0 heterocycles. The SMILES string of the molecule is COC(=O)CNC(=O)c1ccc2ccccc2c1.O=C(O)CNC(=O)c1ccc2ccccc2c1. The molecule has 8 nitrogen and oxygen atoms in total. The van der Waals surface area contributed by atoms with E-state index in [0.29, 0.717) is 11.1 Å². The highest BCUT2D eigenvalue weighted by Gasteiger charge is 2.09. The number of carboxylic acids is 1. The lowest BCUT2D eigenvalue weighted by Gasteiger charge is -2.05. The summed E-state index contributed by atoms with van der Waals surface area (Å²) in [5.41, 5.74) is 0.988. The first kappa shape index (κ1) is 24.9. The molecule has 0 aliphatic carbocycles. The normalized spacial score (nSPS) is 10.1. The van der Waals surface area contributed by atoms with Crippen molar-refractivity contribution < 1.29 is 29.0 Å². The van der Waals surface area contributed by atoms with Gasteiger partial charge in [-0.2, -0.15) is 0 Å². The molecule has 0 spiro atoms. The number of carbonyl (C=O) groups excluding carboxylic acids is 3. The minimum atomic E-state index is -1.06. The Kier molecular flexibility index (Phi) is 8.50. The molecular weight excluding hydrogens is 448 g/mol. The van der Waals surface area contributed by atoms with Crippen molar-refractivity contribution in [2.45, 2.75) is 0 Å². The molecule has 0 aromatic heterocycles. The fraction of sp³-hybridized carbons (Fsp3) is 0.111. The molecule has 0 radical (unpaired) electrons. The second-order valence-corrected chi connectivity index (χ2v) is 7.46. The molecule has 4 aromatic carbocycles. The quantitative estimate of drug-likeness (QED) is 0.370. The molecule has 0 bridgehead atoms. The standard InChI is InChI=1S/C14H13NO3.C13H11NO3/c1-18-13(16)9-15-14(17)12-7-6-10-4-2-3-5-11(10)8-12;15-12(16)8-14-13(17)11-6-5-9-3-1-2-4-10(9)7-11/h2-8H,9H2,1H3,(H,15,17);1-7H,8H2,(H,14,17)(H,15,16). The fourth-order valence-electron chi connectivity index (χ4n) is 3.25. The first-order chi connectivity index (χ1) is 16.9. The van der Waals surface area contributed by atoms with E-state index in [9.17, 15) is 19.2 Å². The van der Waals surface area contributed by atoms with Crippen molar-refractivity contribution in [2.75, 3.05) is 20.2 Å². The highest BCUT2D eigenvalue weighted by Crippen LogP contribution is 2.16. The first-order valence-electron chi connectivity index (χ1n) is 10.7. The molecule has 3 N–H and O–H groups in total. The van der Waals surface area contributed by atoms with Crippen molar-refractivity contribution in [1.82, 2.24) is 10.6 Å². The van der Waals surface area contributed by atoms with Gasteiger partial charge >= 0.3 is 11.9 Å². The lowest BCUT2D eigenvalue weighted by molar-refractivity contribution is -0.139. The Morgan fingerprint density at radius 3 is 1.51 bits per heavy atom. The van der Waals surface area contributed by atoms with Gasteiger partial charge in [0.15, 0.2) is 0 Å². The minimum absolute atomic E-state index is 0.123. The van der Waals surface area contributed by atoms with E-state index < -0.39 is 11.9 Å². The lowest BCUT2D eigenvalue weighted by atomic mass is 10.1. The van der Waals surface area contributed by atoms with E-state index in [4.69, 9.17) is 5.11 Å². The van der Waals surface area contributed by atoms with Crippen molar-refractivity contribution in [3.05, 3.63) is 96.1 Å². The number of amides is 2. The summed E-state index contributed by atoms with van der Waals surface area (Å²) in [6, 6.07) is 26.1. The van der Waals surface area contributed by atoms with Gasteiger partial charge in [-0.05, 0) is 45.8 Å². The lowest BCUT2D eigenvalue weighted by Crippen LogP contribution is -2.30. The zero-order chi connectivity index (χ0) is 25.2. The summed E-state index contributed by atoms with van der Waals surface area (Å²) in [7, 11) is 1.28. The van der Waals surface area contributed by atoms with Gasteiger partial charge in [0.1, 0.15) is 13.1 Å². The maximum atomic E-state index is 11.8. The average molecular weight is 472 g/mol. The molecule has 0 aliphatic heterocycles. The van der Waals surface area contributed by atoms with Crippen LogP contribution in [-0.4, -0.2) is 49.1 Å². The summed E-state index contributed by atoms with van der Waals surface area (Å²) in [4.78, 5) is 44.7. The molecule has 0 saturated heterocycles. The summed E-state index contributed by atoms with van der Waals surface area (Å²) >= 11 is 0. The van der Waals surface area contributed by atoms with E-state index in [1.807, 2.05) is 60.7 Å². The van der Waals surface area contributed by atoms with Crippen LogP contribution in [0, 0.1) is 0 Å². The number of benzene rings is 4. The molecule has 35 heavy (non-hydrogen) atoms. The monoisotopic (exact) mass is 472 g/mol. The summed E-state index contributed by atoms with van der Waals surface area (Å²) in [6.45, 7) is -0.492. The van der Waals surface area contributed by atoms with E-state index in [0.717, 1.165) is 21.5 Å². The van der Waals surface area contributed by atoms with E-state index in [1.165, 1.54) is 7.11 Å². The molecule has 0 fully saturated rings. The summed E-state index contributed by atoms with van der Waals surface area (Å²) in [6.07, 6.45) is 0. The van der Waals surface area contributed by atoms with Crippen LogP contribution in [-0.2, 0) is 14.3 Å². The molecule has 0 saturated carbocycles. The predicted octanol–water partition coefficient (Wildman–Crippen LogP) is 3.40. The largest absolute Gasteiger partial charge is 0.480 e. The Morgan fingerprint density at radius 1 is 0.657 bits per heavy atom. The topological polar surface area (TPSA) is 122 Å². The average Bonchev–Trinajstić information content (AvgIpc) is 2.89. The van der Waals surface area contributed by atoms with Crippen LogP contribution in [0.2, 0.25) is 0 Å². The molecule has 0 aliphatic rings. The number of aliphatic carboxylic acids is 1. The van der Waals surface area contributed by atoms with Crippen molar-refractivity contribution in [3.8, 4) is 0 Å². The number of nitrogens with one attached hydrogen (secondary N) is 2. The molecule has 0 atom stereocenters. The highest BCUT2D eigenvalue weighted by atomic mass is 16.5. The Labute approximate surface area is 201 Å². The number of fused-ring (bicyclic) bond motifs is 2. The van der Waals surface area contributed by atoms with Gasteiger partial charge in [-0.25, -0.2) is 0 Å². The summed E-state index contributed by atoms with van der Waals surface area (Å²) in [5, 5.41) is 17.4. The zero-order valence-electron chi connectivity index (χ0n) is 19.0. The van der Waals surface area contributed by atoms with Gasteiger partial charge in [0, 0.05) is 11.1 Å². The van der Waals surface area contributed by atoms with E-state index in [1.54, 1.807) is 24.3 Å². The van der Waals surface area contributed by atoms with Crippen molar-refractivity contribution in [2.24, 2.45) is 0 Å². The van der Waals surface area contributed by atoms with Crippen LogP contribution in [0.15, 0.2) is 84.9 Å². The number of carbonyl (C=O) groups is 4. The van der Waals surface area contributed by atoms with Crippen LogP contribution in [0.4, 0.5) is 0 Å². The third-order valence-electron chi connectivity index (χ3n) is 5.04. The van der Waals surface area contributed by atoms with Gasteiger partial charge < -0.3 is 20.5 Å². The zero-order valence-corrected chi connectivity index (χ0v) is 19.0. The number of rotatable bonds is 6. The molecule has 8 heteroatoms. The number of carboxylic acid groups (broad SMARTS) is 1. The van der Waals surface area contributed by atoms with Crippen LogP contribution in [0.3, 0.4) is 0 Å². The van der Waals surface area contributed by atoms with E-state index in [-0.39, 0.29) is 24.9 Å². The Bertz CT molecular complexity index is 1380. The van der Waals surface area contributed by atoms with Crippen LogP contribution < -0.4 is 10.6 Å². The Balaban J connectivity index is 0.000000196. The number of hydrogen-bond donors (Lipinski definition) is 3. The minimum Gasteiger partial charge on any atom is -0.480 e. The summed E-state index contributed by atoms with van der Waals surface area (Å²) in [5.74, 6) is -2.19. The molecule has 4 aromatic rings. The number of hydrogen-bond acceptors (Lipinski definition) is 5. The van der Waals surface area contributed by atoms with Crippen LogP contribution in [0.25, 0.3) is 21.5 Å². The predicted molar refractivity (Wildman–Crippen MR) is 132 cm³/mol. The van der Waals surface area contributed by atoms with Gasteiger partial charge in [0.2, 0.25) is 0 Å². The molecule has 178 valence electrons. The van der Waals surface area contributed by atoms with E-state index >= 15 is 0 Å². The smallest absolute Gasteiger partial charge is 0.325 e. The van der Waals surface area contributed by atoms with Gasteiger partial charge in [0.05, 0.1) is 7.11 Å². The van der Waals surface area contributed by atoms with Crippen molar-refractivity contribution >= 4 is 45.3 Å². The number of ether oxygens (including phenoxy) is 1. The first-order valence-corrected chi connectivity index (χ1v) is 10.7.